The van der Waals surface area contributed by atoms with Crippen molar-refractivity contribution in [3.05, 3.63) is 22.7 Å². The summed E-state index contributed by atoms with van der Waals surface area (Å²) in [5.74, 6) is 1.27. The topological polar surface area (TPSA) is 62.4 Å². The highest BCUT2D eigenvalue weighted by molar-refractivity contribution is 7.08. The van der Waals surface area contributed by atoms with Gasteiger partial charge >= 0.3 is 0 Å². The number of hydrogen-bond donors (Lipinski definition) is 1. The van der Waals surface area contributed by atoms with Crippen molar-refractivity contribution < 1.29 is 9.63 Å². The van der Waals surface area contributed by atoms with Gasteiger partial charge in [0.25, 0.3) is 5.89 Å². The molecule has 5 nitrogen and oxygen atoms in total. The molecule has 0 unspecified atom stereocenters. The molecular formula is C12H15N3O2S. The summed E-state index contributed by atoms with van der Waals surface area (Å²) < 4.78 is 5.24. The minimum Gasteiger partial charge on any atom is -0.395 e. The number of aromatic nitrogens is 2. The van der Waals surface area contributed by atoms with Crippen LogP contribution in [0, 0.1) is 0 Å². The Morgan fingerprint density at radius 1 is 1.56 bits per heavy atom. The highest BCUT2D eigenvalue weighted by Gasteiger charge is 2.25. The van der Waals surface area contributed by atoms with Crippen LogP contribution >= 0.6 is 11.3 Å². The second kappa shape index (κ2) is 5.17. The summed E-state index contributed by atoms with van der Waals surface area (Å²) >= 11 is 1.61. The standard InChI is InChI=1S/C12H15N3O2S/c16-7-10-2-1-4-15(10)6-11-13-12(17-14-11)9-3-5-18-8-9/h3,5,8,10,16H,1-2,4,6-7H2/t10-/m1/s1. The Bertz CT molecular complexity index is 497. The van der Waals surface area contributed by atoms with Crippen LogP contribution in [-0.4, -0.2) is 39.3 Å². The maximum absolute atomic E-state index is 9.27. The van der Waals surface area contributed by atoms with Crippen LogP contribution in [0.1, 0.15) is 18.7 Å². The first-order chi connectivity index (χ1) is 8.86. The van der Waals surface area contributed by atoms with Gasteiger partial charge in [-0.25, -0.2) is 0 Å². The molecule has 0 spiro atoms. The van der Waals surface area contributed by atoms with Crippen molar-refractivity contribution in [2.45, 2.75) is 25.4 Å². The molecule has 0 aromatic carbocycles. The summed E-state index contributed by atoms with van der Waals surface area (Å²) in [7, 11) is 0. The van der Waals surface area contributed by atoms with E-state index in [9.17, 15) is 5.11 Å². The first kappa shape index (κ1) is 11.8. The van der Waals surface area contributed by atoms with E-state index in [1.807, 2.05) is 16.8 Å². The quantitative estimate of drug-likeness (QED) is 0.912. The van der Waals surface area contributed by atoms with Crippen LogP contribution in [0.5, 0.6) is 0 Å². The van der Waals surface area contributed by atoms with Crippen LogP contribution in [0.2, 0.25) is 0 Å². The number of likely N-dealkylation sites (tertiary alicyclic amines) is 1. The number of aliphatic hydroxyl groups excluding tert-OH is 1. The van der Waals surface area contributed by atoms with Crippen LogP contribution < -0.4 is 0 Å². The number of rotatable bonds is 4. The van der Waals surface area contributed by atoms with Crippen LogP contribution in [0.25, 0.3) is 11.5 Å². The Labute approximate surface area is 109 Å². The molecule has 18 heavy (non-hydrogen) atoms. The van der Waals surface area contributed by atoms with Gasteiger partial charge in [-0.2, -0.15) is 16.3 Å². The lowest BCUT2D eigenvalue weighted by atomic mass is 10.2. The van der Waals surface area contributed by atoms with Crippen molar-refractivity contribution in [2.75, 3.05) is 13.2 Å². The summed E-state index contributed by atoms with van der Waals surface area (Å²) in [6, 6.07) is 2.21. The number of aliphatic hydroxyl groups is 1. The molecule has 0 amide bonds. The van der Waals surface area contributed by atoms with Gasteiger partial charge in [0.1, 0.15) is 0 Å². The first-order valence-corrected chi connectivity index (χ1v) is 7.01. The van der Waals surface area contributed by atoms with E-state index in [0.717, 1.165) is 24.9 Å². The second-order valence-electron chi connectivity index (χ2n) is 4.48. The van der Waals surface area contributed by atoms with E-state index in [2.05, 4.69) is 15.0 Å². The summed E-state index contributed by atoms with van der Waals surface area (Å²) in [6.45, 7) is 1.85. The molecule has 2 aromatic heterocycles. The van der Waals surface area contributed by atoms with Crippen LogP contribution in [0.4, 0.5) is 0 Å². The lowest BCUT2D eigenvalue weighted by Gasteiger charge is -2.20. The highest BCUT2D eigenvalue weighted by Crippen LogP contribution is 2.22. The monoisotopic (exact) mass is 265 g/mol. The third kappa shape index (κ3) is 2.31. The Kier molecular flexibility index (Phi) is 3.40. The van der Waals surface area contributed by atoms with E-state index in [1.165, 1.54) is 0 Å². The van der Waals surface area contributed by atoms with E-state index >= 15 is 0 Å². The molecule has 0 aliphatic carbocycles. The molecule has 1 aliphatic heterocycles. The zero-order valence-electron chi connectivity index (χ0n) is 9.95. The van der Waals surface area contributed by atoms with Crippen molar-refractivity contribution in [3.63, 3.8) is 0 Å². The third-order valence-electron chi connectivity index (χ3n) is 3.29. The van der Waals surface area contributed by atoms with E-state index in [-0.39, 0.29) is 12.6 Å². The maximum atomic E-state index is 9.27. The SMILES string of the molecule is OC[C@H]1CCCN1Cc1noc(-c2ccsc2)n1. The molecule has 0 saturated carbocycles. The van der Waals surface area contributed by atoms with Gasteiger partial charge in [-0.15, -0.1) is 0 Å². The zero-order valence-corrected chi connectivity index (χ0v) is 10.8. The molecule has 1 aliphatic rings. The van der Waals surface area contributed by atoms with Gasteiger partial charge in [-0.05, 0) is 30.8 Å². The Balaban J connectivity index is 1.70. The van der Waals surface area contributed by atoms with Gasteiger partial charge in [0.15, 0.2) is 5.82 Å². The minimum atomic E-state index is 0.204. The van der Waals surface area contributed by atoms with Gasteiger partial charge in [-0.3, -0.25) is 4.90 Å². The van der Waals surface area contributed by atoms with Crippen molar-refractivity contribution in [1.29, 1.82) is 0 Å². The fraction of sp³-hybridized carbons (Fsp3) is 0.500. The largest absolute Gasteiger partial charge is 0.395 e. The molecule has 2 aromatic rings. The van der Waals surface area contributed by atoms with E-state index < -0.39 is 0 Å². The number of hydrogen-bond acceptors (Lipinski definition) is 6. The lowest BCUT2D eigenvalue weighted by Crippen LogP contribution is -2.31. The summed E-state index contributed by atoms with van der Waals surface area (Å²) in [6.07, 6.45) is 2.17. The molecule has 1 atom stereocenters. The Morgan fingerprint density at radius 2 is 2.50 bits per heavy atom. The lowest BCUT2D eigenvalue weighted by molar-refractivity contribution is 0.150. The van der Waals surface area contributed by atoms with E-state index in [1.54, 1.807) is 11.3 Å². The normalized spacial score (nSPS) is 20.6. The molecule has 3 rings (SSSR count). The fourth-order valence-electron chi connectivity index (χ4n) is 2.31. The second-order valence-corrected chi connectivity index (χ2v) is 5.26. The maximum Gasteiger partial charge on any atom is 0.258 e. The molecule has 6 heteroatoms. The van der Waals surface area contributed by atoms with Gasteiger partial charge in [-0.1, -0.05) is 5.16 Å². The average molecular weight is 265 g/mol. The van der Waals surface area contributed by atoms with Gasteiger partial charge < -0.3 is 9.63 Å². The molecule has 0 bridgehead atoms. The van der Waals surface area contributed by atoms with E-state index in [0.29, 0.717) is 18.3 Å². The predicted molar refractivity (Wildman–Crippen MR) is 68.1 cm³/mol. The molecule has 1 fully saturated rings. The molecule has 0 radical (unpaired) electrons. The van der Waals surface area contributed by atoms with Gasteiger partial charge in [0.2, 0.25) is 0 Å². The van der Waals surface area contributed by atoms with Crippen molar-refractivity contribution in [1.82, 2.24) is 15.0 Å². The van der Waals surface area contributed by atoms with Crippen LogP contribution in [-0.2, 0) is 6.54 Å². The molecular weight excluding hydrogens is 250 g/mol. The number of nitrogens with zero attached hydrogens (tertiary/aromatic N) is 3. The third-order valence-corrected chi connectivity index (χ3v) is 3.97. The van der Waals surface area contributed by atoms with Gasteiger partial charge in [0.05, 0.1) is 18.7 Å². The minimum absolute atomic E-state index is 0.204. The summed E-state index contributed by atoms with van der Waals surface area (Å²) in [4.78, 5) is 6.60. The van der Waals surface area contributed by atoms with Gasteiger partial charge in [0, 0.05) is 11.4 Å². The zero-order chi connectivity index (χ0) is 12.4. The smallest absolute Gasteiger partial charge is 0.258 e. The Hall–Kier alpha value is -1.24. The predicted octanol–water partition coefficient (Wildman–Crippen LogP) is 1.75. The van der Waals surface area contributed by atoms with Crippen molar-refractivity contribution >= 4 is 11.3 Å². The van der Waals surface area contributed by atoms with Crippen molar-refractivity contribution in [2.24, 2.45) is 0 Å². The highest BCUT2D eigenvalue weighted by atomic mass is 32.1. The molecule has 1 saturated heterocycles. The average Bonchev–Trinajstić information content (AvgIpc) is 3.10. The number of thiophene rings is 1. The Morgan fingerprint density at radius 3 is 3.28 bits per heavy atom. The summed E-state index contributed by atoms with van der Waals surface area (Å²) in [5, 5.41) is 17.2. The van der Waals surface area contributed by atoms with E-state index in [4.69, 9.17) is 4.52 Å². The van der Waals surface area contributed by atoms with Crippen LogP contribution in [0.3, 0.4) is 0 Å². The van der Waals surface area contributed by atoms with Crippen LogP contribution in [0.15, 0.2) is 21.3 Å². The van der Waals surface area contributed by atoms with Crippen molar-refractivity contribution in [3.8, 4) is 11.5 Å². The molecule has 96 valence electrons. The fourth-order valence-corrected chi connectivity index (χ4v) is 2.94. The summed E-state index contributed by atoms with van der Waals surface area (Å²) in [5.41, 5.74) is 0.971. The molecule has 3 heterocycles. The molecule has 1 N–H and O–H groups in total. The first-order valence-electron chi connectivity index (χ1n) is 6.07.